The highest BCUT2D eigenvalue weighted by Gasteiger charge is 2.25. The van der Waals surface area contributed by atoms with Gasteiger partial charge in [0.1, 0.15) is 5.82 Å². The maximum Gasteiger partial charge on any atom is 0.227 e. The summed E-state index contributed by atoms with van der Waals surface area (Å²) in [6.45, 7) is 1.03. The molecule has 1 aliphatic rings. The minimum atomic E-state index is -0.308. The first-order chi connectivity index (χ1) is 9.72. The second-order valence-electron chi connectivity index (χ2n) is 5.44. The summed E-state index contributed by atoms with van der Waals surface area (Å²) in [5.74, 6) is -0.315. The molecule has 1 fully saturated rings. The molecule has 2 N–H and O–H groups in total. The van der Waals surface area contributed by atoms with Gasteiger partial charge in [-0.05, 0) is 24.5 Å². The third kappa shape index (κ3) is 3.79. The lowest BCUT2D eigenvalue weighted by atomic mass is 9.93. The van der Waals surface area contributed by atoms with Crippen molar-refractivity contribution in [2.75, 3.05) is 13.1 Å². The van der Waals surface area contributed by atoms with E-state index in [1.54, 1.807) is 18.2 Å². The van der Waals surface area contributed by atoms with E-state index in [-0.39, 0.29) is 24.2 Å². The van der Waals surface area contributed by atoms with Crippen molar-refractivity contribution in [3.63, 3.8) is 0 Å². The van der Waals surface area contributed by atoms with Gasteiger partial charge in [-0.15, -0.1) is 0 Å². The van der Waals surface area contributed by atoms with E-state index >= 15 is 0 Å². The van der Waals surface area contributed by atoms with Crippen LogP contribution in [0.3, 0.4) is 0 Å². The highest BCUT2D eigenvalue weighted by molar-refractivity contribution is 5.79. The van der Waals surface area contributed by atoms with Crippen molar-refractivity contribution in [2.24, 2.45) is 5.73 Å². The van der Waals surface area contributed by atoms with Gasteiger partial charge in [0.2, 0.25) is 5.91 Å². The molecule has 1 aromatic carbocycles. The van der Waals surface area contributed by atoms with Gasteiger partial charge in [-0.3, -0.25) is 4.79 Å². The predicted octanol–water partition coefficient (Wildman–Crippen LogP) is 2.49. The van der Waals surface area contributed by atoms with Crippen molar-refractivity contribution >= 4 is 5.91 Å². The van der Waals surface area contributed by atoms with Crippen LogP contribution in [0.15, 0.2) is 24.3 Å². The molecular weight excluding hydrogens is 255 g/mol. The van der Waals surface area contributed by atoms with E-state index in [9.17, 15) is 9.18 Å². The van der Waals surface area contributed by atoms with Gasteiger partial charge in [-0.2, -0.15) is 0 Å². The number of amides is 1. The first-order valence-corrected chi connectivity index (χ1v) is 7.45. The predicted molar refractivity (Wildman–Crippen MR) is 77.7 cm³/mol. The van der Waals surface area contributed by atoms with Crippen LogP contribution in [-0.2, 0) is 11.2 Å². The molecule has 0 atom stereocenters. The van der Waals surface area contributed by atoms with E-state index in [1.807, 2.05) is 4.90 Å². The zero-order chi connectivity index (χ0) is 14.4. The normalized spacial score (nSPS) is 16.1. The standard InChI is InChI=1S/C16H23FN2O/c17-15-9-5-4-6-13(15)12-16(20)19(11-10-18)14-7-2-1-3-8-14/h4-6,9,14H,1-3,7-8,10-12,18H2. The third-order valence-corrected chi connectivity index (χ3v) is 4.01. The molecule has 4 heteroatoms. The van der Waals surface area contributed by atoms with Crippen LogP contribution >= 0.6 is 0 Å². The first-order valence-electron chi connectivity index (χ1n) is 7.45. The van der Waals surface area contributed by atoms with Gasteiger partial charge in [-0.25, -0.2) is 4.39 Å². The van der Waals surface area contributed by atoms with Crippen LogP contribution in [0, 0.1) is 5.82 Å². The van der Waals surface area contributed by atoms with E-state index in [4.69, 9.17) is 5.73 Å². The van der Waals surface area contributed by atoms with E-state index in [2.05, 4.69) is 0 Å². The van der Waals surface area contributed by atoms with Gasteiger partial charge < -0.3 is 10.6 Å². The topological polar surface area (TPSA) is 46.3 Å². The highest BCUT2D eigenvalue weighted by atomic mass is 19.1. The molecule has 1 saturated carbocycles. The van der Waals surface area contributed by atoms with E-state index in [1.165, 1.54) is 25.3 Å². The Morgan fingerprint density at radius 2 is 1.95 bits per heavy atom. The summed E-state index contributed by atoms with van der Waals surface area (Å²) >= 11 is 0. The van der Waals surface area contributed by atoms with Crippen LogP contribution in [0.1, 0.15) is 37.7 Å². The molecule has 0 saturated heterocycles. The quantitative estimate of drug-likeness (QED) is 0.899. The van der Waals surface area contributed by atoms with Gasteiger partial charge in [0.15, 0.2) is 0 Å². The Balaban J connectivity index is 2.04. The lowest BCUT2D eigenvalue weighted by molar-refractivity contribution is -0.133. The molecule has 1 aliphatic carbocycles. The molecule has 0 aromatic heterocycles. The van der Waals surface area contributed by atoms with Gasteiger partial charge in [0.05, 0.1) is 6.42 Å². The molecule has 0 unspecified atom stereocenters. The van der Waals surface area contributed by atoms with Crippen LogP contribution in [0.4, 0.5) is 4.39 Å². The molecule has 0 spiro atoms. The van der Waals surface area contributed by atoms with Gasteiger partial charge in [0, 0.05) is 19.1 Å². The maximum atomic E-state index is 13.6. The average Bonchev–Trinajstić information content (AvgIpc) is 2.48. The molecule has 1 amide bonds. The number of benzene rings is 1. The zero-order valence-electron chi connectivity index (χ0n) is 11.9. The second kappa shape index (κ2) is 7.39. The Morgan fingerprint density at radius 1 is 1.25 bits per heavy atom. The summed E-state index contributed by atoms with van der Waals surface area (Å²) in [4.78, 5) is 14.3. The fourth-order valence-electron chi connectivity index (χ4n) is 2.95. The maximum absolute atomic E-state index is 13.6. The monoisotopic (exact) mass is 278 g/mol. The van der Waals surface area contributed by atoms with Crippen LogP contribution < -0.4 is 5.73 Å². The Labute approximate surface area is 120 Å². The lowest BCUT2D eigenvalue weighted by Crippen LogP contribution is -2.44. The van der Waals surface area contributed by atoms with Crippen molar-refractivity contribution in [3.8, 4) is 0 Å². The van der Waals surface area contributed by atoms with E-state index < -0.39 is 0 Å². The average molecular weight is 278 g/mol. The van der Waals surface area contributed by atoms with E-state index in [0.717, 1.165) is 12.8 Å². The van der Waals surface area contributed by atoms with Crippen LogP contribution in [0.5, 0.6) is 0 Å². The lowest BCUT2D eigenvalue weighted by Gasteiger charge is -2.34. The molecule has 1 aromatic rings. The fraction of sp³-hybridized carbons (Fsp3) is 0.562. The SMILES string of the molecule is NCCN(C(=O)Cc1ccccc1F)C1CCCCC1. The molecule has 3 nitrogen and oxygen atoms in total. The van der Waals surface area contributed by atoms with Crippen molar-refractivity contribution in [3.05, 3.63) is 35.6 Å². The number of rotatable bonds is 5. The summed E-state index contributed by atoms with van der Waals surface area (Å²) in [5, 5.41) is 0. The van der Waals surface area contributed by atoms with E-state index in [0.29, 0.717) is 18.7 Å². The molecule has 0 heterocycles. The van der Waals surface area contributed by atoms with Crippen LogP contribution in [0.2, 0.25) is 0 Å². The van der Waals surface area contributed by atoms with Gasteiger partial charge in [-0.1, -0.05) is 37.5 Å². The van der Waals surface area contributed by atoms with Crippen LogP contribution in [-0.4, -0.2) is 29.9 Å². The smallest absolute Gasteiger partial charge is 0.227 e. The van der Waals surface area contributed by atoms with Crippen molar-refractivity contribution in [1.82, 2.24) is 4.90 Å². The Bertz CT molecular complexity index is 444. The summed E-state index contributed by atoms with van der Waals surface area (Å²) < 4.78 is 13.6. The van der Waals surface area contributed by atoms with Crippen molar-refractivity contribution < 1.29 is 9.18 Å². The largest absolute Gasteiger partial charge is 0.338 e. The second-order valence-corrected chi connectivity index (χ2v) is 5.44. The minimum Gasteiger partial charge on any atom is -0.338 e. The Morgan fingerprint density at radius 3 is 2.60 bits per heavy atom. The molecule has 20 heavy (non-hydrogen) atoms. The Hall–Kier alpha value is -1.42. The summed E-state index contributed by atoms with van der Waals surface area (Å²) in [5.41, 5.74) is 6.10. The first kappa shape index (κ1) is 15.0. The molecule has 0 aliphatic heterocycles. The summed E-state index contributed by atoms with van der Waals surface area (Å²) in [6.07, 6.45) is 5.79. The number of nitrogens with two attached hydrogens (primary N) is 1. The van der Waals surface area contributed by atoms with Gasteiger partial charge >= 0.3 is 0 Å². The van der Waals surface area contributed by atoms with Crippen LogP contribution in [0.25, 0.3) is 0 Å². The minimum absolute atomic E-state index is 0.00699. The number of hydrogen-bond donors (Lipinski definition) is 1. The molecule has 110 valence electrons. The molecule has 0 radical (unpaired) electrons. The van der Waals surface area contributed by atoms with Crippen molar-refractivity contribution in [2.45, 2.75) is 44.6 Å². The summed E-state index contributed by atoms with van der Waals surface area (Å²) in [7, 11) is 0. The van der Waals surface area contributed by atoms with Crippen molar-refractivity contribution in [1.29, 1.82) is 0 Å². The number of carbonyl (C=O) groups excluding carboxylic acids is 1. The number of halogens is 1. The number of hydrogen-bond acceptors (Lipinski definition) is 2. The third-order valence-electron chi connectivity index (χ3n) is 4.01. The van der Waals surface area contributed by atoms with Gasteiger partial charge in [0.25, 0.3) is 0 Å². The number of nitrogens with zero attached hydrogens (tertiary/aromatic N) is 1. The molecule has 2 rings (SSSR count). The Kier molecular flexibility index (Phi) is 5.53. The fourth-order valence-corrected chi connectivity index (χ4v) is 2.95. The number of carbonyl (C=O) groups is 1. The molecular formula is C16H23FN2O. The summed E-state index contributed by atoms with van der Waals surface area (Å²) in [6, 6.07) is 6.76. The highest BCUT2D eigenvalue weighted by Crippen LogP contribution is 2.23. The zero-order valence-corrected chi connectivity index (χ0v) is 11.9. The molecule has 0 bridgehead atoms.